The first-order valence-corrected chi connectivity index (χ1v) is 7.75. The maximum Gasteiger partial charge on any atom is 0.418 e. The highest BCUT2D eigenvalue weighted by molar-refractivity contribution is 5.30. The Morgan fingerprint density at radius 1 is 1.13 bits per heavy atom. The van der Waals surface area contributed by atoms with E-state index in [2.05, 4.69) is 9.88 Å². The van der Waals surface area contributed by atoms with Crippen LogP contribution in [0.5, 0.6) is 0 Å². The SMILES string of the molecule is COC(OC)c1ncc(C(C)N2CCCCC2)cc1C(F)(F)F. The third-order valence-corrected chi connectivity index (χ3v) is 4.32. The quantitative estimate of drug-likeness (QED) is 0.765. The molecule has 1 atom stereocenters. The maximum absolute atomic E-state index is 13.4. The number of likely N-dealkylation sites (tertiary alicyclic amines) is 1. The van der Waals surface area contributed by atoms with Crippen molar-refractivity contribution >= 4 is 0 Å². The number of methoxy groups -OCH3 is 2. The first kappa shape index (κ1) is 18.2. The van der Waals surface area contributed by atoms with Crippen LogP contribution < -0.4 is 0 Å². The Bertz CT molecular complexity index is 513. The molecule has 7 heteroatoms. The van der Waals surface area contributed by atoms with Crippen LogP contribution in [0.3, 0.4) is 0 Å². The molecule has 23 heavy (non-hydrogen) atoms. The first-order chi connectivity index (χ1) is 10.9. The van der Waals surface area contributed by atoms with Gasteiger partial charge < -0.3 is 9.47 Å². The molecule has 0 amide bonds. The summed E-state index contributed by atoms with van der Waals surface area (Å²) in [5.41, 5.74) is -0.474. The summed E-state index contributed by atoms with van der Waals surface area (Å²) in [6, 6.07) is 1.08. The summed E-state index contributed by atoms with van der Waals surface area (Å²) >= 11 is 0. The number of aromatic nitrogens is 1. The molecule has 1 unspecified atom stereocenters. The minimum atomic E-state index is -4.50. The zero-order valence-electron chi connectivity index (χ0n) is 13.7. The van der Waals surface area contributed by atoms with E-state index in [0.29, 0.717) is 5.56 Å². The van der Waals surface area contributed by atoms with Crippen LogP contribution in [0.15, 0.2) is 12.3 Å². The summed E-state index contributed by atoms with van der Waals surface area (Å²) in [6.07, 6.45) is -0.803. The Hall–Kier alpha value is -1.18. The second-order valence-electron chi connectivity index (χ2n) is 5.78. The standard InChI is InChI=1S/C16H23F3N2O2/c1-11(21-7-5-4-6-8-21)12-9-13(16(17,18)19)14(20-10-12)15(22-2)23-3/h9-11,15H,4-8H2,1-3H3. The zero-order valence-corrected chi connectivity index (χ0v) is 13.7. The molecule has 2 heterocycles. The van der Waals surface area contributed by atoms with Gasteiger partial charge >= 0.3 is 6.18 Å². The van der Waals surface area contributed by atoms with Gasteiger partial charge in [0.15, 0.2) is 0 Å². The van der Waals surface area contributed by atoms with Crippen LogP contribution in [0, 0.1) is 0 Å². The van der Waals surface area contributed by atoms with E-state index in [1.807, 2.05) is 6.92 Å². The number of pyridine rings is 1. The molecule has 1 aromatic rings. The number of piperidine rings is 1. The van der Waals surface area contributed by atoms with E-state index < -0.39 is 18.0 Å². The lowest BCUT2D eigenvalue weighted by atomic mass is 10.0. The molecule has 0 radical (unpaired) electrons. The number of nitrogens with zero attached hydrogens (tertiary/aromatic N) is 2. The first-order valence-electron chi connectivity index (χ1n) is 7.75. The Labute approximate surface area is 134 Å². The fraction of sp³-hybridized carbons (Fsp3) is 0.688. The van der Waals surface area contributed by atoms with Crippen LogP contribution in [-0.2, 0) is 15.7 Å². The molecule has 0 aliphatic carbocycles. The molecule has 130 valence electrons. The predicted octanol–water partition coefficient (Wildman–Crippen LogP) is 3.94. The third-order valence-electron chi connectivity index (χ3n) is 4.32. The molecule has 0 aromatic carbocycles. The lowest BCUT2D eigenvalue weighted by Crippen LogP contribution is -2.32. The minimum Gasteiger partial charge on any atom is -0.350 e. The summed E-state index contributed by atoms with van der Waals surface area (Å²) in [6.45, 7) is 3.73. The average Bonchev–Trinajstić information content (AvgIpc) is 2.55. The van der Waals surface area contributed by atoms with Gasteiger partial charge in [0.25, 0.3) is 0 Å². The van der Waals surface area contributed by atoms with Crippen molar-refractivity contribution in [3.05, 3.63) is 29.1 Å². The summed E-state index contributed by atoms with van der Waals surface area (Å²) in [5.74, 6) is 0. The van der Waals surface area contributed by atoms with Crippen LogP contribution in [0.1, 0.15) is 55.3 Å². The lowest BCUT2D eigenvalue weighted by molar-refractivity contribution is -0.149. The number of hydrogen-bond donors (Lipinski definition) is 0. The van der Waals surface area contributed by atoms with Gasteiger partial charge in [-0.15, -0.1) is 0 Å². The van der Waals surface area contributed by atoms with Gasteiger partial charge in [-0.3, -0.25) is 9.88 Å². The van der Waals surface area contributed by atoms with Crippen LogP contribution in [-0.4, -0.2) is 37.2 Å². The van der Waals surface area contributed by atoms with E-state index in [-0.39, 0.29) is 11.7 Å². The van der Waals surface area contributed by atoms with Gasteiger partial charge in [-0.05, 0) is 44.5 Å². The zero-order chi connectivity index (χ0) is 17.0. The van der Waals surface area contributed by atoms with Crippen molar-refractivity contribution in [2.45, 2.75) is 44.7 Å². The Balaban J connectivity index is 2.35. The Morgan fingerprint density at radius 3 is 2.26 bits per heavy atom. The summed E-state index contributed by atoms with van der Waals surface area (Å²) in [4.78, 5) is 6.21. The van der Waals surface area contributed by atoms with Crippen LogP contribution in [0.4, 0.5) is 13.2 Å². The number of ether oxygens (including phenoxy) is 2. The van der Waals surface area contributed by atoms with Gasteiger partial charge in [-0.25, -0.2) is 0 Å². The highest BCUT2D eigenvalue weighted by atomic mass is 19.4. The van der Waals surface area contributed by atoms with Crippen molar-refractivity contribution in [1.29, 1.82) is 0 Å². The largest absolute Gasteiger partial charge is 0.418 e. The fourth-order valence-corrected chi connectivity index (χ4v) is 2.97. The van der Waals surface area contributed by atoms with Crippen LogP contribution >= 0.6 is 0 Å². The van der Waals surface area contributed by atoms with Crippen molar-refractivity contribution in [2.24, 2.45) is 0 Å². The van der Waals surface area contributed by atoms with Crippen molar-refractivity contribution in [2.75, 3.05) is 27.3 Å². The lowest BCUT2D eigenvalue weighted by Gasteiger charge is -2.33. The van der Waals surface area contributed by atoms with Gasteiger partial charge in [0.1, 0.15) is 5.69 Å². The summed E-state index contributed by atoms with van der Waals surface area (Å²) in [7, 11) is 2.58. The van der Waals surface area contributed by atoms with Crippen molar-refractivity contribution in [3.8, 4) is 0 Å². The molecule has 1 saturated heterocycles. The number of alkyl halides is 3. The molecule has 1 fully saturated rings. The Kier molecular flexibility index (Phi) is 6.00. The average molecular weight is 332 g/mol. The molecule has 0 N–H and O–H groups in total. The number of rotatable bonds is 5. The normalized spacial score (nSPS) is 18.4. The molecular formula is C16H23F3N2O2. The smallest absolute Gasteiger partial charge is 0.350 e. The van der Waals surface area contributed by atoms with Crippen molar-refractivity contribution in [3.63, 3.8) is 0 Å². The molecule has 0 saturated carbocycles. The highest BCUT2D eigenvalue weighted by Crippen LogP contribution is 2.37. The molecule has 2 rings (SSSR count). The molecule has 4 nitrogen and oxygen atoms in total. The van der Waals surface area contributed by atoms with Crippen LogP contribution in [0.25, 0.3) is 0 Å². The predicted molar refractivity (Wildman–Crippen MR) is 79.8 cm³/mol. The van der Waals surface area contributed by atoms with E-state index in [4.69, 9.17) is 9.47 Å². The monoisotopic (exact) mass is 332 g/mol. The topological polar surface area (TPSA) is 34.6 Å². The van der Waals surface area contributed by atoms with E-state index in [9.17, 15) is 13.2 Å². The van der Waals surface area contributed by atoms with Gasteiger partial charge in [0.2, 0.25) is 6.29 Å². The molecule has 1 aromatic heterocycles. The van der Waals surface area contributed by atoms with E-state index >= 15 is 0 Å². The second kappa shape index (κ2) is 7.59. The van der Waals surface area contributed by atoms with Crippen molar-refractivity contribution in [1.82, 2.24) is 9.88 Å². The van der Waals surface area contributed by atoms with Crippen molar-refractivity contribution < 1.29 is 22.6 Å². The van der Waals surface area contributed by atoms with Crippen LogP contribution in [0.2, 0.25) is 0 Å². The maximum atomic E-state index is 13.4. The fourth-order valence-electron chi connectivity index (χ4n) is 2.97. The highest BCUT2D eigenvalue weighted by Gasteiger charge is 2.37. The summed E-state index contributed by atoms with van der Waals surface area (Å²) in [5, 5.41) is 0. The summed E-state index contributed by atoms with van der Waals surface area (Å²) < 4.78 is 50.1. The molecule has 0 bridgehead atoms. The van der Waals surface area contributed by atoms with Gasteiger partial charge in [-0.2, -0.15) is 13.2 Å². The van der Waals surface area contributed by atoms with E-state index in [1.54, 1.807) is 0 Å². The Morgan fingerprint density at radius 2 is 1.74 bits per heavy atom. The molecular weight excluding hydrogens is 309 g/mol. The minimum absolute atomic E-state index is 0.0958. The number of hydrogen-bond acceptors (Lipinski definition) is 4. The van der Waals surface area contributed by atoms with E-state index in [1.165, 1.54) is 32.9 Å². The van der Waals surface area contributed by atoms with E-state index in [0.717, 1.165) is 25.9 Å². The second-order valence-corrected chi connectivity index (χ2v) is 5.78. The van der Waals surface area contributed by atoms with Gasteiger partial charge in [-0.1, -0.05) is 6.42 Å². The van der Waals surface area contributed by atoms with Gasteiger partial charge in [0.05, 0.1) is 5.56 Å². The molecule has 0 spiro atoms. The third kappa shape index (κ3) is 4.22. The number of halogens is 3. The molecule has 1 aliphatic rings. The molecule has 1 aliphatic heterocycles. The van der Waals surface area contributed by atoms with Gasteiger partial charge in [0, 0.05) is 26.5 Å².